The van der Waals surface area contributed by atoms with Crippen LogP contribution in [0.3, 0.4) is 0 Å². The standard InChI is InChI=1S/C14H19NO3S/c1-11-6-8-15(9-7-11)19(17)13-5-3-4-12(10-13)14(16)18-2/h3-5,10-11H,6-9H2,1-2H3. The van der Waals surface area contributed by atoms with E-state index in [1.54, 1.807) is 24.3 Å². The predicted molar refractivity (Wildman–Crippen MR) is 74.2 cm³/mol. The van der Waals surface area contributed by atoms with Gasteiger partial charge in [0.25, 0.3) is 0 Å². The average molecular weight is 281 g/mol. The SMILES string of the molecule is COC(=O)c1cccc(S(=O)N2CCC(C)CC2)c1. The van der Waals surface area contributed by atoms with E-state index in [9.17, 15) is 9.00 Å². The normalized spacial score (nSPS) is 19.1. The second kappa shape index (κ2) is 6.30. The molecular formula is C14H19NO3S. The second-order valence-electron chi connectivity index (χ2n) is 4.88. The highest BCUT2D eigenvalue weighted by molar-refractivity contribution is 7.82. The summed E-state index contributed by atoms with van der Waals surface area (Å²) < 4.78 is 19.1. The van der Waals surface area contributed by atoms with Gasteiger partial charge in [0.1, 0.15) is 11.0 Å². The first-order valence-electron chi connectivity index (χ1n) is 6.47. The molecule has 1 saturated heterocycles. The molecule has 0 radical (unpaired) electrons. The number of benzene rings is 1. The third kappa shape index (κ3) is 3.42. The topological polar surface area (TPSA) is 46.6 Å². The van der Waals surface area contributed by atoms with Gasteiger partial charge < -0.3 is 4.74 Å². The third-order valence-electron chi connectivity index (χ3n) is 3.43. The second-order valence-corrected chi connectivity index (χ2v) is 6.37. The number of hydrogen-bond donors (Lipinski definition) is 0. The molecule has 1 aliphatic heterocycles. The van der Waals surface area contributed by atoms with E-state index in [1.165, 1.54) is 7.11 Å². The number of rotatable bonds is 3. The molecule has 0 N–H and O–H groups in total. The number of ether oxygens (including phenoxy) is 1. The fraction of sp³-hybridized carbons (Fsp3) is 0.500. The lowest BCUT2D eigenvalue weighted by Crippen LogP contribution is -2.34. The van der Waals surface area contributed by atoms with Crippen molar-refractivity contribution in [2.75, 3.05) is 20.2 Å². The van der Waals surface area contributed by atoms with Crippen molar-refractivity contribution in [2.45, 2.75) is 24.7 Å². The number of hydrogen-bond acceptors (Lipinski definition) is 3. The van der Waals surface area contributed by atoms with Crippen LogP contribution in [-0.2, 0) is 15.7 Å². The Bertz CT molecular complexity index is 481. The summed E-state index contributed by atoms with van der Waals surface area (Å²) in [6.45, 7) is 3.91. The number of nitrogens with zero attached hydrogens (tertiary/aromatic N) is 1. The lowest BCUT2D eigenvalue weighted by Gasteiger charge is -2.28. The van der Waals surface area contributed by atoms with Crippen LogP contribution < -0.4 is 0 Å². The van der Waals surface area contributed by atoms with Crippen molar-refractivity contribution in [3.8, 4) is 0 Å². The molecule has 1 unspecified atom stereocenters. The summed E-state index contributed by atoms with van der Waals surface area (Å²) in [4.78, 5) is 12.1. The monoisotopic (exact) mass is 281 g/mol. The minimum Gasteiger partial charge on any atom is -0.465 e. The first-order chi connectivity index (χ1) is 9.11. The number of methoxy groups -OCH3 is 1. The van der Waals surface area contributed by atoms with Crippen LogP contribution in [0.2, 0.25) is 0 Å². The quantitative estimate of drug-likeness (QED) is 0.798. The maximum atomic E-state index is 12.5. The Balaban J connectivity index is 2.13. The van der Waals surface area contributed by atoms with E-state index in [1.807, 2.05) is 4.31 Å². The molecule has 0 saturated carbocycles. The van der Waals surface area contributed by atoms with E-state index >= 15 is 0 Å². The predicted octanol–water partition coefficient (Wildman–Crippen LogP) is 2.23. The van der Waals surface area contributed by atoms with Gasteiger partial charge in [0.05, 0.1) is 17.6 Å². The summed E-state index contributed by atoms with van der Waals surface area (Å²) in [7, 11) is 0.157. The number of piperidine rings is 1. The smallest absolute Gasteiger partial charge is 0.337 e. The number of carbonyl (C=O) groups excluding carboxylic acids is 1. The zero-order chi connectivity index (χ0) is 13.8. The largest absolute Gasteiger partial charge is 0.465 e. The molecule has 1 aromatic carbocycles. The van der Waals surface area contributed by atoms with Crippen molar-refractivity contribution in [2.24, 2.45) is 5.92 Å². The summed E-state index contributed by atoms with van der Waals surface area (Å²) in [6, 6.07) is 6.86. The van der Waals surface area contributed by atoms with Crippen LogP contribution in [-0.4, -0.2) is 34.7 Å². The lowest BCUT2D eigenvalue weighted by atomic mass is 10.0. The van der Waals surface area contributed by atoms with E-state index in [0.717, 1.165) is 25.9 Å². The molecule has 0 spiro atoms. The van der Waals surface area contributed by atoms with Crippen LogP contribution in [0.15, 0.2) is 29.2 Å². The third-order valence-corrected chi connectivity index (χ3v) is 4.93. The molecule has 0 aliphatic carbocycles. The van der Waals surface area contributed by atoms with E-state index < -0.39 is 17.0 Å². The molecule has 19 heavy (non-hydrogen) atoms. The summed E-state index contributed by atoms with van der Waals surface area (Å²) in [5.41, 5.74) is 0.443. The van der Waals surface area contributed by atoms with Gasteiger partial charge in [-0.3, -0.25) is 0 Å². The Morgan fingerprint density at radius 1 is 1.37 bits per heavy atom. The molecule has 0 aromatic heterocycles. The molecule has 1 atom stereocenters. The molecule has 1 aromatic rings. The van der Waals surface area contributed by atoms with Gasteiger partial charge in [-0.1, -0.05) is 13.0 Å². The fourth-order valence-corrected chi connectivity index (χ4v) is 3.41. The minimum absolute atomic E-state index is 0.397. The number of carbonyl (C=O) groups is 1. The molecule has 0 bridgehead atoms. The van der Waals surface area contributed by atoms with E-state index in [-0.39, 0.29) is 0 Å². The van der Waals surface area contributed by atoms with Gasteiger partial charge in [0.15, 0.2) is 0 Å². The van der Waals surface area contributed by atoms with Crippen molar-refractivity contribution in [1.82, 2.24) is 4.31 Å². The van der Waals surface area contributed by atoms with Crippen molar-refractivity contribution < 1.29 is 13.7 Å². The fourth-order valence-electron chi connectivity index (χ4n) is 2.15. The molecule has 1 heterocycles. The Morgan fingerprint density at radius 2 is 2.05 bits per heavy atom. The van der Waals surface area contributed by atoms with Gasteiger partial charge in [0, 0.05) is 13.1 Å². The highest BCUT2D eigenvalue weighted by atomic mass is 32.2. The first-order valence-corrected chi connectivity index (χ1v) is 7.57. The average Bonchev–Trinajstić information content (AvgIpc) is 2.46. The Hall–Kier alpha value is -1.20. The van der Waals surface area contributed by atoms with E-state index in [2.05, 4.69) is 11.7 Å². The summed E-state index contributed by atoms with van der Waals surface area (Å²) in [5, 5.41) is 0. The summed E-state index contributed by atoms with van der Waals surface area (Å²) in [6.07, 6.45) is 2.14. The molecule has 104 valence electrons. The molecule has 1 fully saturated rings. The van der Waals surface area contributed by atoms with Crippen molar-refractivity contribution >= 4 is 17.0 Å². The zero-order valence-corrected chi connectivity index (χ0v) is 12.1. The van der Waals surface area contributed by atoms with Gasteiger partial charge in [0.2, 0.25) is 0 Å². The Labute approximate surface area is 116 Å². The highest BCUT2D eigenvalue weighted by Gasteiger charge is 2.21. The van der Waals surface area contributed by atoms with Crippen LogP contribution in [0.4, 0.5) is 0 Å². The highest BCUT2D eigenvalue weighted by Crippen LogP contribution is 2.21. The van der Waals surface area contributed by atoms with Crippen LogP contribution >= 0.6 is 0 Å². The molecule has 5 heteroatoms. The van der Waals surface area contributed by atoms with Crippen LogP contribution in [0.1, 0.15) is 30.1 Å². The maximum absolute atomic E-state index is 12.5. The lowest BCUT2D eigenvalue weighted by molar-refractivity contribution is 0.0600. The Morgan fingerprint density at radius 3 is 2.68 bits per heavy atom. The Kier molecular flexibility index (Phi) is 4.71. The molecular weight excluding hydrogens is 262 g/mol. The van der Waals surface area contributed by atoms with E-state index in [0.29, 0.717) is 16.4 Å². The van der Waals surface area contributed by atoms with Gasteiger partial charge in [-0.05, 0) is 37.0 Å². The summed E-state index contributed by atoms with van der Waals surface area (Å²) in [5.74, 6) is 0.306. The van der Waals surface area contributed by atoms with Gasteiger partial charge in [-0.2, -0.15) is 0 Å². The molecule has 0 amide bonds. The summed E-state index contributed by atoms with van der Waals surface area (Å²) >= 11 is 0. The zero-order valence-electron chi connectivity index (χ0n) is 11.3. The van der Waals surface area contributed by atoms with Gasteiger partial charge >= 0.3 is 5.97 Å². The van der Waals surface area contributed by atoms with Crippen LogP contribution in [0.25, 0.3) is 0 Å². The molecule has 1 aliphatic rings. The minimum atomic E-state index is -1.19. The first kappa shape index (κ1) is 14.2. The van der Waals surface area contributed by atoms with Crippen molar-refractivity contribution in [1.29, 1.82) is 0 Å². The van der Waals surface area contributed by atoms with Gasteiger partial charge in [-0.15, -0.1) is 0 Å². The molecule has 2 rings (SSSR count). The number of esters is 1. The van der Waals surface area contributed by atoms with Crippen LogP contribution in [0, 0.1) is 5.92 Å². The van der Waals surface area contributed by atoms with Crippen molar-refractivity contribution in [3.05, 3.63) is 29.8 Å². The van der Waals surface area contributed by atoms with Gasteiger partial charge in [-0.25, -0.2) is 13.3 Å². The maximum Gasteiger partial charge on any atom is 0.337 e. The molecule has 4 nitrogen and oxygen atoms in total. The van der Waals surface area contributed by atoms with Crippen LogP contribution in [0.5, 0.6) is 0 Å². The van der Waals surface area contributed by atoms with Crippen molar-refractivity contribution in [3.63, 3.8) is 0 Å². The van der Waals surface area contributed by atoms with E-state index in [4.69, 9.17) is 0 Å².